The van der Waals surface area contributed by atoms with Crippen LogP contribution in [-0.4, -0.2) is 62.1 Å². The smallest absolute Gasteiger partial charge is 0.253 e. The van der Waals surface area contributed by atoms with E-state index in [0.29, 0.717) is 19.6 Å². The highest BCUT2D eigenvalue weighted by Gasteiger charge is 2.23. The Morgan fingerprint density at radius 2 is 1.71 bits per heavy atom. The number of aryl methyl sites for hydroxylation is 2. The Hall–Kier alpha value is -3.06. The van der Waals surface area contributed by atoms with E-state index in [2.05, 4.69) is 27.3 Å². The first-order valence-electron chi connectivity index (χ1n) is 9.53. The first-order valence-corrected chi connectivity index (χ1v) is 9.53. The molecule has 2 aromatic carbocycles. The van der Waals surface area contributed by atoms with Crippen LogP contribution in [0, 0.1) is 13.8 Å². The summed E-state index contributed by atoms with van der Waals surface area (Å²) >= 11 is 0. The quantitative estimate of drug-likeness (QED) is 0.699. The highest BCUT2D eigenvalue weighted by Crippen LogP contribution is 2.15. The largest absolute Gasteiger partial charge is 0.336 e. The molecule has 4 rings (SSSR count). The average molecular weight is 376 g/mol. The third-order valence-corrected chi connectivity index (χ3v) is 5.31. The molecule has 144 valence electrons. The first-order chi connectivity index (χ1) is 13.6. The average Bonchev–Trinajstić information content (AvgIpc) is 3.19. The maximum absolute atomic E-state index is 12.8. The van der Waals surface area contributed by atoms with E-state index in [0.717, 1.165) is 35.7 Å². The molecule has 0 spiro atoms. The molecule has 0 unspecified atom stereocenters. The maximum Gasteiger partial charge on any atom is 0.253 e. The molecule has 0 radical (unpaired) electrons. The Kier molecular flexibility index (Phi) is 5.16. The lowest BCUT2D eigenvalue weighted by Crippen LogP contribution is -2.48. The Balaban J connectivity index is 1.38. The summed E-state index contributed by atoms with van der Waals surface area (Å²) in [6.45, 7) is 7.79. The molecule has 7 nitrogen and oxygen atoms in total. The molecule has 0 bridgehead atoms. The number of benzene rings is 2. The molecule has 0 aliphatic carbocycles. The van der Waals surface area contributed by atoms with Gasteiger partial charge in [-0.05, 0) is 59.7 Å². The number of piperazine rings is 1. The van der Waals surface area contributed by atoms with Crippen molar-refractivity contribution < 1.29 is 4.79 Å². The minimum atomic E-state index is 0.108. The topological polar surface area (TPSA) is 67.2 Å². The van der Waals surface area contributed by atoms with Crippen molar-refractivity contribution in [2.45, 2.75) is 20.4 Å². The van der Waals surface area contributed by atoms with Crippen molar-refractivity contribution in [3.8, 4) is 5.69 Å². The van der Waals surface area contributed by atoms with E-state index in [4.69, 9.17) is 0 Å². The monoisotopic (exact) mass is 376 g/mol. The Bertz CT molecular complexity index is 960. The van der Waals surface area contributed by atoms with Gasteiger partial charge in [0.2, 0.25) is 0 Å². The zero-order valence-electron chi connectivity index (χ0n) is 16.2. The second-order valence-electron chi connectivity index (χ2n) is 7.21. The molecule has 2 heterocycles. The first kappa shape index (κ1) is 18.3. The number of carbonyl (C=O) groups excluding carboxylic acids is 1. The van der Waals surface area contributed by atoms with E-state index >= 15 is 0 Å². The van der Waals surface area contributed by atoms with Crippen LogP contribution in [0.1, 0.15) is 27.3 Å². The highest BCUT2D eigenvalue weighted by molar-refractivity contribution is 5.94. The molecule has 1 aliphatic heterocycles. The lowest BCUT2D eigenvalue weighted by molar-refractivity contribution is 0.0624. The summed E-state index contributed by atoms with van der Waals surface area (Å²) in [6, 6.07) is 15.8. The third kappa shape index (κ3) is 3.80. The van der Waals surface area contributed by atoms with Crippen LogP contribution in [0.25, 0.3) is 5.69 Å². The summed E-state index contributed by atoms with van der Waals surface area (Å²) < 4.78 is 1.77. The van der Waals surface area contributed by atoms with E-state index in [-0.39, 0.29) is 5.91 Å². The zero-order chi connectivity index (χ0) is 19.5. The molecule has 1 aliphatic rings. The van der Waals surface area contributed by atoms with Crippen LogP contribution >= 0.6 is 0 Å². The Labute approximate surface area is 164 Å². The van der Waals surface area contributed by atoms with Gasteiger partial charge in [0.15, 0.2) is 5.82 Å². The van der Waals surface area contributed by atoms with Gasteiger partial charge >= 0.3 is 0 Å². The summed E-state index contributed by atoms with van der Waals surface area (Å²) in [5.74, 6) is 0.914. The number of tetrazole rings is 1. The van der Waals surface area contributed by atoms with Crippen LogP contribution in [0.2, 0.25) is 0 Å². The lowest BCUT2D eigenvalue weighted by atomic mass is 10.1. The van der Waals surface area contributed by atoms with E-state index < -0.39 is 0 Å². The normalized spacial score (nSPS) is 15.0. The lowest BCUT2D eigenvalue weighted by Gasteiger charge is -2.34. The molecule has 1 fully saturated rings. The number of hydrogen-bond acceptors (Lipinski definition) is 5. The second kappa shape index (κ2) is 7.90. The van der Waals surface area contributed by atoms with Crippen LogP contribution in [-0.2, 0) is 6.54 Å². The molecular formula is C21H24N6O. The van der Waals surface area contributed by atoms with Gasteiger partial charge in [-0.15, -0.1) is 5.10 Å². The standard InChI is InChI=1S/C21H24N6O/c1-16-8-9-18(14-17(16)2)21(28)26-12-10-25(11-13-26)15-20-22-23-24-27(20)19-6-4-3-5-7-19/h3-9,14H,10-13,15H2,1-2H3. The van der Waals surface area contributed by atoms with Gasteiger partial charge in [-0.1, -0.05) is 24.3 Å². The number of amides is 1. The summed E-state index contributed by atoms with van der Waals surface area (Å²) in [5.41, 5.74) is 4.07. The molecule has 0 N–H and O–H groups in total. The van der Waals surface area contributed by atoms with Crippen molar-refractivity contribution in [3.63, 3.8) is 0 Å². The summed E-state index contributed by atoms with van der Waals surface area (Å²) in [4.78, 5) is 17.0. The van der Waals surface area contributed by atoms with Crippen molar-refractivity contribution in [2.24, 2.45) is 0 Å². The molecule has 1 aromatic heterocycles. The van der Waals surface area contributed by atoms with Gasteiger partial charge in [0, 0.05) is 31.7 Å². The van der Waals surface area contributed by atoms with Crippen LogP contribution in [0.15, 0.2) is 48.5 Å². The van der Waals surface area contributed by atoms with Crippen molar-refractivity contribution in [1.82, 2.24) is 30.0 Å². The fourth-order valence-electron chi connectivity index (χ4n) is 3.44. The van der Waals surface area contributed by atoms with Crippen LogP contribution in [0.4, 0.5) is 0 Å². The SMILES string of the molecule is Cc1ccc(C(=O)N2CCN(Cc3nnnn3-c3ccccc3)CC2)cc1C. The molecule has 7 heteroatoms. The molecule has 1 saturated heterocycles. The van der Waals surface area contributed by atoms with Crippen LogP contribution in [0.3, 0.4) is 0 Å². The predicted octanol–water partition coefficient (Wildman–Crippen LogP) is 2.24. The van der Waals surface area contributed by atoms with E-state index in [9.17, 15) is 4.79 Å². The molecular weight excluding hydrogens is 352 g/mol. The summed E-state index contributed by atoms with van der Waals surface area (Å²) in [6.07, 6.45) is 0. The van der Waals surface area contributed by atoms with Gasteiger partial charge in [-0.25, -0.2) is 0 Å². The molecule has 3 aromatic rings. The fourth-order valence-corrected chi connectivity index (χ4v) is 3.44. The fraction of sp³-hybridized carbons (Fsp3) is 0.333. The van der Waals surface area contributed by atoms with Crippen molar-refractivity contribution >= 4 is 5.91 Å². The Morgan fingerprint density at radius 1 is 0.964 bits per heavy atom. The maximum atomic E-state index is 12.8. The number of rotatable bonds is 4. The number of para-hydroxylation sites is 1. The third-order valence-electron chi connectivity index (χ3n) is 5.31. The van der Waals surface area contributed by atoms with Gasteiger partial charge in [0.25, 0.3) is 5.91 Å². The number of nitrogens with zero attached hydrogens (tertiary/aromatic N) is 6. The van der Waals surface area contributed by atoms with Gasteiger partial charge in [-0.3, -0.25) is 9.69 Å². The minimum absolute atomic E-state index is 0.108. The Morgan fingerprint density at radius 3 is 2.43 bits per heavy atom. The highest BCUT2D eigenvalue weighted by atomic mass is 16.2. The van der Waals surface area contributed by atoms with Gasteiger partial charge in [-0.2, -0.15) is 4.68 Å². The molecule has 0 atom stereocenters. The van der Waals surface area contributed by atoms with Gasteiger partial charge in [0.05, 0.1) is 12.2 Å². The molecule has 0 saturated carbocycles. The van der Waals surface area contributed by atoms with Crippen molar-refractivity contribution in [1.29, 1.82) is 0 Å². The zero-order valence-corrected chi connectivity index (χ0v) is 16.2. The van der Waals surface area contributed by atoms with Crippen LogP contribution < -0.4 is 0 Å². The van der Waals surface area contributed by atoms with E-state index in [1.165, 1.54) is 5.56 Å². The molecule has 28 heavy (non-hydrogen) atoms. The minimum Gasteiger partial charge on any atom is -0.336 e. The van der Waals surface area contributed by atoms with Gasteiger partial charge in [0.1, 0.15) is 0 Å². The number of hydrogen-bond donors (Lipinski definition) is 0. The second-order valence-corrected chi connectivity index (χ2v) is 7.21. The molecule has 1 amide bonds. The van der Waals surface area contributed by atoms with Gasteiger partial charge < -0.3 is 4.90 Å². The number of carbonyl (C=O) groups is 1. The summed E-state index contributed by atoms with van der Waals surface area (Å²) in [5, 5.41) is 12.1. The van der Waals surface area contributed by atoms with Crippen molar-refractivity contribution in [3.05, 3.63) is 71.0 Å². The summed E-state index contributed by atoms with van der Waals surface area (Å²) in [7, 11) is 0. The predicted molar refractivity (Wildman–Crippen MR) is 106 cm³/mol. The van der Waals surface area contributed by atoms with Crippen molar-refractivity contribution in [2.75, 3.05) is 26.2 Å². The van der Waals surface area contributed by atoms with Crippen LogP contribution in [0.5, 0.6) is 0 Å². The number of aromatic nitrogens is 4. The van der Waals surface area contributed by atoms with E-state index in [1.54, 1.807) is 4.68 Å². The van der Waals surface area contributed by atoms with E-state index in [1.807, 2.05) is 60.4 Å².